The molecule has 0 aromatic heterocycles. The Balaban J connectivity index is 1.62. The molecule has 2 atom stereocenters. The van der Waals surface area contributed by atoms with Gasteiger partial charge in [0.05, 0.1) is 18.5 Å². The summed E-state index contributed by atoms with van der Waals surface area (Å²) in [7, 11) is 0. The number of nitrogens with two attached hydrogens (primary N) is 1. The van der Waals surface area contributed by atoms with Crippen LogP contribution in [0.25, 0.3) is 0 Å². The smallest absolute Gasteiger partial charge is 0.231 e. The predicted molar refractivity (Wildman–Crippen MR) is 83.9 cm³/mol. The van der Waals surface area contributed by atoms with Crippen LogP contribution < -0.4 is 5.73 Å². The van der Waals surface area contributed by atoms with Crippen LogP contribution in [0.4, 0.5) is 0 Å². The number of likely N-dealkylation sites (tertiary alicyclic amines) is 2. The van der Waals surface area contributed by atoms with E-state index in [9.17, 15) is 9.59 Å². The molecule has 0 spiro atoms. The summed E-state index contributed by atoms with van der Waals surface area (Å²) in [5, 5.41) is 0. The van der Waals surface area contributed by atoms with Crippen LogP contribution in [0, 0.1) is 5.92 Å². The molecule has 2 heterocycles. The van der Waals surface area contributed by atoms with Crippen molar-refractivity contribution in [1.82, 2.24) is 9.80 Å². The first-order valence-corrected chi connectivity index (χ1v) is 8.01. The van der Waals surface area contributed by atoms with Gasteiger partial charge in [0.15, 0.2) is 0 Å². The maximum atomic E-state index is 12.8. The first kappa shape index (κ1) is 15.0. The molecule has 2 saturated heterocycles. The lowest BCUT2D eigenvalue weighted by Crippen LogP contribution is -2.52. The molecule has 1 aromatic rings. The van der Waals surface area contributed by atoms with Gasteiger partial charge < -0.3 is 10.6 Å². The van der Waals surface area contributed by atoms with Crippen molar-refractivity contribution in [3.05, 3.63) is 35.9 Å². The molecular formula is C17H23N3O2. The second-order valence-electron chi connectivity index (χ2n) is 6.29. The Bertz CT molecular complexity index is 546. The molecule has 0 bridgehead atoms. The van der Waals surface area contributed by atoms with Crippen LogP contribution in [0.3, 0.4) is 0 Å². The highest BCUT2D eigenvalue weighted by Crippen LogP contribution is 2.35. The fourth-order valence-corrected chi connectivity index (χ4v) is 3.53. The van der Waals surface area contributed by atoms with Gasteiger partial charge in [-0.05, 0) is 31.4 Å². The van der Waals surface area contributed by atoms with E-state index in [4.69, 9.17) is 5.73 Å². The van der Waals surface area contributed by atoms with Gasteiger partial charge in [0.1, 0.15) is 0 Å². The minimum absolute atomic E-state index is 0.000359. The van der Waals surface area contributed by atoms with Gasteiger partial charge >= 0.3 is 0 Å². The second kappa shape index (κ2) is 6.48. The number of nitrogens with zero attached hydrogens (tertiary/aromatic N) is 2. The molecule has 2 N–H and O–H groups in total. The van der Waals surface area contributed by atoms with Crippen molar-refractivity contribution in [3.8, 4) is 0 Å². The van der Waals surface area contributed by atoms with E-state index < -0.39 is 0 Å². The highest BCUT2D eigenvalue weighted by molar-refractivity contribution is 5.81. The average Bonchev–Trinajstić information content (AvgIpc) is 2.47. The van der Waals surface area contributed by atoms with Gasteiger partial charge in [-0.3, -0.25) is 14.5 Å². The van der Waals surface area contributed by atoms with Crippen molar-refractivity contribution in [2.45, 2.75) is 25.3 Å². The number of carbonyl (C=O) groups excluding carboxylic acids is 2. The standard InChI is InChI=1S/C17H23N3O2/c18-16(21)12-19-9-4-7-14(11-19)17(22)20-10-8-15(20)13-5-2-1-3-6-13/h1-3,5-6,14-15H,4,7-12H2,(H2,18,21). The van der Waals surface area contributed by atoms with Gasteiger partial charge in [-0.2, -0.15) is 0 Å². The van der Waals surface area contributed by atoms with Gasteiger partial charge in [0, 0.05) is 13.1 Å². The molecule has 118 valence electrons. The van der Waals surface area contributed by atoms with Gasteiger partial charge in [0.2, 0.25) is 11.8 Å². The van der Waals surface area contributed by atoms with E-state index in [0.717, 1.165) is 32.4 Å². The highest BCUT2D eigenvalue weighted by atomic mass is 16.2. The van der Waals surface area contributed by atoms with Gasteiger partial charge in [-0.1, -0.05) is 30.3 Å². The topological polar surface area (TPSA) is 66.6 Å². The Morgan fingerprint density at radius 1 is 1.14 bits per heavy atom. The summed E-state index contributed by atoms with van der Waals surface area (Å²) in [4.78, 5) is 27.8. The number of hydrogen-bond donors (Lipinski definition) is 1. The van der Waals surface area contributed by atoms with Crippen LogP contribution in [-0.2, 0) is 9.59 Å². The number of primary amides is 1. The minimum atomic E-state index is -0.320. The van der Waals surface area contributed by atoms with E-state index in [1.165, 1.54) is 5.56 Å². The fraction of sp³-hybridized carbons (Fsp3) is 0.529. The second-order valence-corrected chi connectivity index (χ2v) is 6.29. The zero-order valence-electron chi connectivity index (χ0n) is 12.8. The van der Waals surface area contributed by atoms with E-state index >= 15 is 0 Å². The van der Waals surface area contributed by atoms with E-state index in [1.54, 1.807) is 0 Å². The van der Waals surface area contributed by atoms with Crippen molar-refractivity contribution in [2.24, 2.45) is 11.7 Å². The van der Waals surface area contributed by atoms with Gasteiger partial charge in [-0.15, -0.1) is 0 Å². The SMILES string of the molecule is NC(=O)CN1CCCC(C(=O)N2CCC2c2ccccc2)C1. The zero-order valence-corrected chi connectivity index (χ0v) is 12.8. The lowest BCUT2D eigenvalue weighted by atomic mass is 9.90. The van der Waals surface area contributed by atoms with Crippen molar-refractivity contribution in [2.75, 3.05) is 26.2 Å². The Morgan fingerprint density at radius 3 is 2.55 bits per heavy atom. The Labute approximate surface area is 131 Å². The largest absolute Gasteiger partial charge is 0.369 e. The van der Waals surface area contributed by atoms with Gasteiger partial charge in [0.25, 0.3) is 0 Å². The van der Waals surface area contributed by atoms with Crippen LogP contribution in [0.15, 0.2) is 30.3 Å². The van der Waals surface area contributed by atoms with Crippen molar-refractivity contribution >= 4 is 11.8 Å². The summed E-state index contributed by atoms with van der Waals surface area (Å²) in [5.41, 5.74) is 6.48. The summed E-state index contributed by atoms with van der Waals surface area (Å²) < 4.78 is 0. The molecule has 1 aromatic carbocycles. The van der Waals surface area contributed by atoms with Crippen molar-refractivity contribution < 1.29 is 9.59 Å². The third kappa shape index (κ3) is 3.14. The lowest BCUT2D eigenvalue weighted by Gasteiger charge is -2.44. The fourth-order valence-electron chi connectivity index (χ4n) is 3.53. The number of piperidine rings is 1. The quantitative estimate of drug-likeness (QED) is 0.907. The Morgan fingerprint density at radius 2 is 1.91 bits per heavy atom. The van der Waals surface area contributed by atoms with Crippen LogP contribution >= 0.6 is 0 Å². The predicted octanol–water partition coefficient (Wildman–Crippen LogP) is 1.16. The van der Waals surface area contributed by atoms with Crippen molar-refractivity contribution in [3.63, 3.8) is 0 Å². The molecule has 5 heteroatoms. The lowest BCUT2D eigenvalue weighted by molar-refractivity contribution is -0.146. The molecule has 2 unspecified atom stereocenters. The summed E-state index contributed by atoms with van der Waals surface area (Å²) in [5.74, 6) is -0.0897. The van der Waals surface area contributed by atoms with Crippen LogP contribution in [0.1, 0.15) is 30.9 Å². The van der Waals surface area contributed by atoms with Crippen molar-refractivity contribution in [1.29, 1.82) is 0 Å². The molecule has 5 nitrogen and oxygen atoms in total. The van der Waals surface area contributed by atoms with E-state index in [-0.39, 0.29) is 30.3 Å². The molecular weight excluding hydrogens is 278 g/mol. The normalized spacial score (nSPS) is 25.5. The van der Waals surface area contributed by atoms with E-state index in [0.29, 0.717) is 6.54 Å². The highest BCUT2D eigenvalue weighted by Gasteiger charge is 2.38. The monoisotopic (exact) mass is 301 g/mol. The third-order valence-corrected chi connectivity index (χ3v) is 4.72. The molecule has 3 rings (SSSR count). The minimum Gasteiger partial charge on any atom is -0.369 e. The first-order valence-electron chi connectivity index (χ1n) is 8.01. The number of rotatable bonds is 4. The summed E-state index contributed by atoms with van der Waals surface area (Å²) >= 11 is 0. The molecule has 0 saturated carbocycles. The molecule has 2 aliphatic rings. The Hall–Kier alpha value is -1.88. The maximum absolute atomic E-state index is 12.8. The van der Waals surface area contributed by atoms with E-state index in [1.807, 2.05) is 28.0 Å². The average molecular weight is 301 g/mol. The third-order valence-electron chi connectivity index (χ3n) is 4.72. The molecule has 0 aliphatic carbocycles. The summed E-state index contributed by atoms with van der Waals surface area (Å²) in [6.45, 7) is 2.60. The number of amides is 2. The molecule has 2 amide bonds. The molecule has 2 aliphatic heterocycles. The molecule has 0 radical (unpaired) electrons. The van der Waals surface area contributed by atoms with Crippen LogP contribution in [0.2, 0.25) is 0 Å². The summed E-state index contributed by atoms with van der Waals surface area (Å²) in [6.07, 6.45) is 2.90. The molecule has 22 heavy (non-hydrogen) atoms. The van der Waals surface area contributed by atoms with Gasteiger partial charge in [-0.25, -0.2) is 0 Å². The number of hydrogen-bond acceptors (Lipinski definition) is 3. The van der Waals surface area contributed by atoms with Crippen LogP contribution in [0.5, 0.6) is 0 Å². The maximum Gasteiger partial charge on any atom is 0.231 e. The molecule has 2 fully saturated rings. The van der Waals surface area contributed by atoms with Crippen LogP contribution in [-0.4, -0.2) is 47.8 Å². The Kier molecular flexibility index (Phi) is 4.43. The van der Waals surface area contributed by atoms with E-state index in [2.05, 4.69) is 12.1 Å². The number of carbonyl (C=O) groups is 2. The summed E-state index contributed by atoms with van der Waals surface area (Å²) in [6, 6.07) is 10.4. The zero-order chi connectivity index (χ0) is 15.5. The number of benzene rings is 1. The first-order chi connectivity index (χ1) is 10.6.